The highest BCUT2D eigenvalue weighted by atomic mass is 32.2. The van der Waals surface area contributed by atoms with Crippen LogP contribution in [-0.2, 0) is 19.6 Å². The van der Waals surface area contributed by atoms with Crippen molar-refractivity contribution in [3.63, 3.8) is 0 Å². The van der Waals surface area contributed by atoms with Crippen LogP contribution in [0.1, 0.15) is 51.1 Å². The van der Waals surface area contributed by atoms with Crippen molar-refractivity contribution < 1.29 is 17.9 Å². The van der Waals surface area contributed by atoms with Crippen LogP contribution < -0.4 is 10.5 Å². The number of nitrogens with two attached hydrogens (primary N) is 1. The molecule has 1 saturated carbocycles. The summed E-state index contributed by atoms with van der Waals surface area (Å²) in [7, 11) is -3.76. The Kier molecular flexibility index (Phi) is 5.44. The Morgan fingerprint density at radius 3 is 2.61 bits per heavy atom. The SMILES string of the molecule is CCOC1(C(=O)NC(C)c2cccc(S(N)(=O)=O)c2)CCCC1. The highest BCUT2D eigenvalue weighted by Crippen LogP contribution is 2.34. The average Bonchev–Trinajstić information content (AvgIpc) is 2.97. The number of ether oxygens (including phenoxy) is 1. The van der Waals surface area contributed by atoms with E-state index in [4.69, 9.17) is 9.88 Å². The lowest BCUT2D eigenvalue weighted by atomic mass is 9.99. The predicted molar refractivity (Wildman–Crippen MR) is 87.2 cm³/mol. The standard InChI is InChI=1S/C16H24N2O4S/c1-3-22-16(9-4-5-10-16)15(19)18-12(2)13-7-6-8-14(11-13)23(17,20)21/h6-8,11-12H,3-5,9-10H2,1-2H3,(H,18,19)(H2,17,20,21). The number of hydrogen-bond donors (Lipinski definition) is 2. The van der Waals surface area contributed by atoms with E-state index in [-0.39, 0.29) is 16.8 Å². The Balaban J connectivity index is 2.15. The van der Waals surface area contributed by atoms with Gasteiger partial charge in [0.05, 0.1) is 10.9 Å². The molecule has 23 heavy (non-hydrogen) atoms. The van der Waals surface area contributed by atoms with Crippen LogP contribution in [0.25, 0.3) is 0 Å². The fraction of sp³-hybridized carbons (Fsp3) is 0.562. The van der Waals surface area contributed by atoms with Gasteiger partial charge in [-0.25, -0.2) is 13.6 Å². The molecule has 1 aromatic carbocycles. The number of hydrogen-bond acceptors (Lipinski definition) is 4. The molecule has 2 rings (SSSR count). The molecule has 7 heteroatoms. The summed E-state index contributed by atoms with van der Waals surface area (Å²) in [5.41, 5.74) is -0.0601. The molecule has 0 bridgehead atoms. The zero-order chi connectivity index (χ0) is 17.1. The molecule has 1 aliphatic rings. The van der Waals surface area contributed by atoms with E-state index in [1.165, 1.54) is 12.1 Å². The molecule has 3 N–H and O–H groups in total. The van der Waals surface area contributed by atoms with E-state index in [9.17, 15) is 13.2 Å². The second-order valence-electron chi connectivity index (χ2n) is 5.95. The lowest BCUT2D eigenvalue weighted by Crippen LogP contribution is -2.47. The third-order valence-electron chi connectivity index (χ3n) is 4.28. The first kappa shape index (κ1) is 17.9. The predicted octanol–water partition coefficient (Wildman–Crippen LogP) is 1.86. The van der Waals surface area contributed by atoms with Crippen LogP contribution in [0.5, 0.6) is 0 Å². The molecular weight excluding hydrogens is 316 g/mol. The molecule has 6 nitrogen and oxygen atoms in total. The highest BCUT2D eigenvalue weighted by Gasteiger charge is 2.42. The lowest BCUT2D eigenvalue weighted by Gasteiger charge is -2.29. The molecular formula is C16H24N2O4S. The first-order valence-corrected chi connectivity index (χ1v) is 9.41. The Morgan fingerprint density at radius 1 is 1.39 bits per heavy atom. The maximum absolute atomic E-state index is 12.6. The smallest absolute Gasteiger partial charge is 0.252 e. The van der Waals surface area contributed by atoms with Crippen LogP contribution in [0.4, 0.5) is 0 Å². The Bertz CT molecular complexity index is 666. The van der Waals surface area contributed by atoms with Gasteiger partial charge in [0, 0.05) is 6.61 Å². The maximum Gasteiger partial charge on any atom is 0.252 e. The van der Waals surface area contributed by atoms with Crippen LogP contribution in [0.3, 0.4) is 0 Å². The van der Waals surface area contributed by atoms with Gasteiger partial charge in [-0.2, -0.15) is 0 Å². The summed E-state index contributed by atoms with van der Waals surface area (Å²) < 4.78 is 28.6. The van der Waals surface area contributed by atoms with Crippen LogP contribution >= 0.6 is 0 Å². The van der Waals surface area contributed by atoms with E-state index in [0.29, 0.717) is 12.2 Å². The van der Waals surface area contributed by atoms with Gasteiger partial charge in [-0.05, 0) is 57.2 Å². The Hall–Kier alpha value is -1.44. The molecule has 0 aliphatic heterocycles. The maximum atomic E-state index is 12.6. The normalized spacial score (nSPS) is 18.6. The molecule has 1 amide bonds. The highest BCUT2D eigenvalue weighted by molar-refractivity contribution is 7.89. The topological polar surface area (TPSA) is 98.5 Å². The van der Waals surface area contributed by atoms with Crippen LogP contribution in [0.15, 0.2) is 29.2 Å². The Labute approximate surface area is 137 Å². The zero-order valence-corrected chi connectivity index (χ0v) is 14.4. The summed E-state index contributed by atoms with van der Waals surface area (Å²) in [6.45, 7) is 4.18. The number of nitrogens with one attached hydrogen (secondary N) is 1. The van der Waals surface area contributed by atoms with Crippen molar-refractivity contribution in [2.45, 2.75) is 56.1 Å². The number of carbonyl (C=O) groups excluding carboxylic acids is 1. The fourth-order valence-electron chi connectivity index (χ4n) is 3.03. The second kappa shape index (κ2) is 6.98. The van der Waals surface area contributed by atoms with E-state index in [1.807, 2.05) is 13.8 Å². The van der Waals surface area contributed by atoms with Gasteiger partial charge in [0.2, 0.25) is 10.0 Å². The molecule has 1 aliphatic carbocycles. The zero-order valence-electron chi connectivity index (χ0n) is 13.5. The minimum Gasteiger partial charge on any atom is -0.365 e. The summed E-state index contributed by atoms with van der Waals surface area (Å²) in [6.07, 6.45) is 3.39. The number of sulfonamides is 1. The van der Waals surface area contributed by atoms with Crippen molar-refractivity contribution in [2.24, 2.45) is 5.14 Å². The molecule has 0 saturated heterocycles. The van der Waals surface area contributed by atoms with Crippen LogP contribution in [0, 0.1) is 0 Å². The largest absolute Gasteiger partial charge is 0.365 e. The van der Waals surface area contributed by atoms with Crippen molar-refractivity contribution in [2.75, 3.05) is 6.61 Å². The van der Waals surface area contributed by atoms with E-state index >= 15 is 0 Å². The van der Waals surface area contributed by atoms with Gasteiger partial charge in [-0.1, -0.05) is 12.1 Å². The van der Waals surface area contributed by atoms with Gasteiger partial charge >= 0.3 is 0 Å². The van der Waals surface area contributed by atoms with Gasteiger partial charge in [-0.3, -0.25) is 4.79 Å². The molecule has 1 fully saturated rings. The molecule has 1 unspecified atom stereocenters. The molecule has 0 spiro atoms. The van der Waals surface area contributed by atoms with Gasteiger partial charge in [-0.15, -0.1) is 0 Å². The van der Waals surface area contributed by atoms with Crippen LogP contribution in [0.2, 0.25) is 0 Å². The number of primary sulfonamides is 1. The van der Waals surface area contributed by atoms with Crippen molar-refractivity contribution in [1.29, 1.82) is 0 Å². The molecule has 1 aromatic rings. The quantitative estimate of drug-likeness (QED) is 0.826. The lowest BCUT2D eigenvalue weighted by molar-refractivity contribution is -0.146. The minimum atomic E-state index is -3.76. The van der Waals surface area contributed by atoms with Crippen LogP contribution in [-0.4, -0.2) is 26.5 Å². The second-order valence-corrected chi connectivity index (χ2v) is 7.51. The summed E-state index contributed by atoms with van der Waals surface area (Å²) >= 11 is 0. The third-order valence-corrected chi connectivity index (χ3v) is 5.19. The van der Waals surface area contributed by atoms with Gasteiger partial charge in [0.25, 0.3) is 5.91 Å². The molecule has 0 radical (unpaired) electrons. The van der Waals surface area contributed by atoms with Gasteiger partial charge < -0.3 is 10.1 Å². The van der Waals surface area contributed by atoms with Crippen molar-refractivity contribution in [3.05, 3.63) is 29.8 Å². The molecule has 128 valence electrons. The van der Waals surface area contributed by atoms with E-state index in [0.717, 1.165) is 25.7 Å². The van der Waals surface area contributed by atoms with Gasteiger partial charge in [0.15, 0.2) is 0 Å². The average molecular weight is 340 g/mol. The molecule has 0 aromatic heterocycles. The van der Waals surface area contributed by atoms with Crippen molar-refractivity contribution >= 4 is 15.9 Å². The fourth-order valence-corrected chi connectivity index (χ4v) is 3.60. The van der Waals surface area contributed by atoms with Crippen molar-refractivity contribution in [1.82, 2.24) is 5.32 Å². The van der Waals surface area contributed by atoms with E-state index < -0.39 is 15.6 Å². The monoisotopic (exact) mass is 340 g/mol. The minimum absolute atomic E-state index is 0.0384. The van der Waals surface area contributed by atoms with E-state index in [2.05, 4.69) is 5.32 Å². The summed E-state index contributed by atoms with van der Waals surface area (Å²) in [5, 5.41) is 8.09. The molecule has 1 atom stereocenters. The van der Waals surface area contributed by atoms with Crippen molar-refractivity contribution in [3.8, 4) is 0 Å². The van der Waals surface area contributed by atoms with Gasteiger partial charge in [0.1, 0.15) is 5.60 Å². The molecule has 0 heterocycles. The number of rotatable bonds is 6. The third kappa shape index (κ3) is 4.10. The summed E-state index contributed by atoms with van der Waals surface area (Å²) in [5.74, 6) is -0.134. The number of amides is 1. The first-order chi connectivity index (χ1) is 10.8. The summed E-state index contributed by atoms with van der Waals surface area (Å²) in [6, 6.07) is 5.98. The first-order valence-electron chi connectivity index (χ1n) is 7.86. The number of benzene rings is 1. The summed E-state index contributed by atoms with van der Waals surface area (Å²) in [4.78, 5) is 12.7. The van der Waals surface area contributed by atoms with E-state index in [1.54, 1.807) is 12.1 Å². The number of carbonyl (C=O) groups is 1. The Morgan fingerprint density at radius 2 is 2.04 bits per heavy atom.